The Morgan fingerprint density at radius 1 is 1.14 bits per heavy atom. The number of hydrogen-bond donors (Lipinski definition) is 1. The van der Waals surface area contributed by atoms with Gasteiger partial charge in [0.1, 0.15) is 12.4 Å². The second kappa shape index (κ2) is 10.1. The van der Waals surface area contributed by atoms with E-state index in [4.69, 9.17) is 31.3 Å². The summed E-state index contributed by atoms with van der Waals surface area (Å²) in [4.78, 5) is 10.1. The van der Waals surface area contributed by atoms with E-state index in [-0.39, 0.29) is 58.9 Å². The zero-order valence-corrected chi connectivity index (χ0v) is 19.2. The van der Waals surface area contributed by atoms with Crippen molar-refractivity contribution in [1.29, 1.82) is 0 Å². The molecule has 1 aromatic carbocycles. The fourth-order valence-electron chi connectivity index (χ4n) is 3.63. The molecule has 4 aromatic heterocycles. The number of nitrogens with zero attached hydrogens (tertiary/aromatic N) is 8. The Kier molecular flexibility index (Phi) is 3.65. The molecule has 0 aliphatic carbocycles. The van der Waals surface area contributed by atoms with E-state index in [0.717, 1.165) is 9.42 Å². The molecule has 0 unspecified atom stereocenters. The molecule has 0 atom stereocenters. The van der Waals surface area contributed by atoms with Crippen molar-refractivity contribution in [3.05, 3.63) is 48.8 Å². The van der Waals surface area contributed by atoms with Crippen LogP contribution in [0.4, 0.5) is 11.6 Å². The van der Waals surface area contributed by atoms with Crippen LogP contribution in [0.25, 0.3) is 28.3 Å². The number of fused-ring (bicyclic) bond motifs is 3. The van der Waals surface area contributed by atoms with E-state index in [1.807, 2.05) is 0 Å². The molecule has 0 amide bonds. The Hall–Kier alpha value is -4.16. The van der Waals surface area contributed by atoms with Crippen LogP contribution in [-0.2, 0) is 11.2 Å². The van der Waals surface area contributed by atoms with Crippen LogP contribution in [0.1, 0.15) is 16.4 Å². The number of aryl methyl sites for hydroxylation is 1. The lowest BCUT2D eigenvalue weighted by molar-refractivity contribution is 0.146. The third kappa shape index (κ3) is 4.68. The van der Waals surface area contributed by atoms with Gasteiger partial charge in [-0.05, 0) is 36.4 Å². The van der Waals surface area contributed by atoms with Gasteiger partial charge in [-0.25, -0.2) is 9.67 Å². The summed E-state index contributed by atoms with van der Waals surface area (Å²) in [7, 11) is -2.57. The first-order chi connectivity index (χ1) is 22.7. The van der Waals surface area contributed by atoms with E-state index in [0.29, 0.717) is 9.58 Å². The fourth-order valence-corrected chi connectivity index (χ4v) is 3.63. The molecule has 0 saturated carbocycles. The summed E-state index contributed by atoms with van der Waals surface area (Å²) in [6.45, 7) is -13.3. The number of aromatic nitrogens is 6. The molecule has 1 saturated heterocycles. The first kappa shape index (κ1) is 13.4. The van der Waals surface area contributed by atoms with Gasteiger partial charge in [-0.1, -0.05) is 0 Å². The van der Waals surface area contributed by atoms with Crippen molar-refractivity contribution in [3.63, 3.8) is 0 Å². The highest BCUT2D eigenvalue weighted by molar-refractivity contribution is 5.90. The first-order valence-electron chi connectivity index (χ1n) is 17.1. The lowest BCUT2D eigenvalue weighted by atomic mass is 10.2. The standard InChI is InChI=1S/C25H29N9O3/c1-35-15-16-36-19-6-4-18(5-7-19)32-11-8-31(9-12-32)10-13-33-23-20(17-27-33)24-28-22(21-3-2-14-37-21)30-34(24)25(26)29-23/h2-7,14,17H,8-13,15-16H2,1H3,(H2,26,29)/i1D3,10D2,11D2,12D2,13D2,17D. The third-order valence-electron chi connectivity index (χ3n) is 5.40. The predicted molar refractivity (Wildman–Crippen MR) is 139 cm³/mol. The molecule has 12 nitrogen and oxygen atoms in total. The van der Waals surface area contributed by atoms with Gasteiger partial charge in [-0.3, -0.25) is 4.90 Å². The van der Waals surface area contributed by atoms with Gasteiger partial charge in [0.05, 0.1) is 44.6 Å². The van der Waals surface area contributed by atoms with Crippen LogP contribution >= 0.6 is 0 Å². The Bertz CT molecular complexity index is 1960. The van der Waals surface area contributed by atoms with Gasteiger partial charge in [0, 0.05) is 48.0 Å². The Morgan fingerprint density at radius 3 is 2.78 bits per heavy atom. The number of hydrogen-bond acceptors (Lipinski definition) is 10. The highest BCUT2D eigenvalue weighted by atomic mass is 16.5. The average Bonchev–Trinajstić information content (AvgIpc) is 3.74. The van der Waals surface area contributed by atoms with E-state index < -0.39 is 52.3 Å². The zero-order valence-electron chi connectivity index (χ0n) is 31.2. The summed E-state index contributed by atoms with van der Waals surface area (Å²) >= 11 is 0. The maximum Gasteiger partial charge on any atom is 0.225 e. The van der Waals surface area contributed by atoms with Crippen molar-refractivity contribution in [1.82, 2.24) is 34.3 Å². The largest absolute Gasteiger partial charge is 0.491 e. The van der Waals surface area contributed by atoms with Crippen molar-refractivity contribution >= 4 is 28.3 Å². The molecule has 6 rings (SSSR count). The predicted octanol–water partition coefficient (Wildman–Crippen LogP) is 2.16. The highest BCUT2D eigenvalue weighted by Gasteiger charge is 2.20. The van der Waals surface area contributed by atoms with Crippen LogP contribution in [0, 0.1) is 0 Å². The van der Waals surface area contributed by atoms with Crippen molar-refractivity contribution in [2.45, 2.75) is 6.50 Å². The van der Waals surface area contributed by atoms with Crippen LogP contribution in [-0.4, -0.2) is 87.1 Å². The average molecular weight is 516 g/mol. The summed E-state index contributed by atoms with van der Waals surface area (Å²) < 4.78 is 117. The van der Waals surface area contributed by atoms with E-state index in [1.54, 1.807) is 12.1 Å². The topological polar surface area (TPSA) is 125 Å². The van der Waals surface area contributed by atoms with Crippen LogP contribution in [0.3, 0.4) is 0 Å². The Morgan fingerprint density at radius 2 is 2.00 bits per heavy atom. The zero-order chi connectivity index (χ0) is 35.7. The van der Waals surface area contributed by atoms with E-state index in [9.17, 15) is 0 Å². The van der Waals surface area contributed by atoms with Crippen molar-refractivity contribution in [2.24, 2.45) is 0 Å². The van der Waals surface area contributed by atoms with Gasteiger partial charge < -0.3 is 24.5 Å². The molecule has 192 valence electrons. The number of benzene rings is 1. The maximum absolute atomic E-state index is 8.92. The molecule has 5 heterocycles. The molecule has 0 bridgehead atoms. The smallest absolute Gasteiger partial charge is 0.225 e. The van der Waals surface area contributed by atoms with Gasteiger partial charge in [0.2, 0.25) is 11.8 Å². The van der Waals surface area contributed by atoms with E-state index >= 15 is 0 Å². The van der Waals surface area contributed by atoms with Crippen LogP contribution in [0.15, 0.2) is 53.3 Å². The summed E-state index contributed by atoms with van der Waals surface area (Å²) in [6.07, 6.45) is 0.892. The van der Waals surface area contributed by atoms with Gasteiger partial charge in [-0.15, -0.1) is 5.10 Å². The Labute approximate surface area is 230 Å². The SMILES string of the molecule is [2H]c1nn(C([2H])([2H])C([2H])([2H])N2CC([2H])([2H])N(c3ccc(OCCOC([2H])([2H])[2H])cc3)C([2H])([2H])C2)c2nc(N)n3nc(-c4ccco4)nc3c12. The molecular formula is C25H29N9O3. The minimum Gasteiger partial charge on any atom is -0.491 e. The van der Waals surface area contributed by atoms with Crippen molar-refractivity contribution in [2.75, 3.05) is 63.5 Å². The molecule has 5 aromatic rings. The minimum atomic E-state index is -3.16. The monoisotopic (exact) mass is 515 g/mol. The number of piperazine rings is 1. The molecule has 1 fully saturated rings. The summed E-state index contributed by atoms with van der Waals surface area (Å²) in [5.41, 5.74) is 5.86. The summed E-state index contributed by atoms with van der Waals surface area (Å²) in [5, 5.41) is 8.09. The molecule has 2 N–H and O–H groups in total. The number of nitrogen functional groups attached to an aromatic ring is 1. The van der Waals surface area contributed by atoms with Gasteiger partial charge in [0.15, 0.2) is 17.1 Å². The van der Waals surface area contributed by atoms with Gasteiger partial charge in [0.25, 0.3) is 0 Å². The molecule has 1 aliphatic heterocycles. The number of furan rings is 1. The highest BCUT2D eigenvalue weighted by Crippen LogP contribution is 2.24. The number of ether oxygens (including phenoxy) is 2. The summed E-state index contributed by atoms with van der Waals surface area (Å²) in [6, 6.07) is 8.87. The van der Waals surface area contributed by atoms with E-state index in [2.05, 4.69) is 24.9 Å². The summed E-state index contributed by atoms with van der Waals surface area (Å²) in [5.74, 6) is 0.401. The Balaban J connectivity index is 1.28. The normalized spacial score (nSPS) is 23.3. The number of methoxy groups -OCH3 is 1. The van der Waals surface area contributed by atoms with Gasteiger partial charge >= 0.3 is 0 Å². The fraction of sp³-hybridized carbons (Fsp3) is 0.360. The minimum absolute atomic E-state index is 0.0110. The third-order valence-corrected chi connectivity index (χ3v) is 5.40. The second-order valence-electron chi connectivity index (χ2n) is 7.76. The molecule has 37 heavy (non-hydrogen) atoms. The lowest BCUT2D eigenvalue weighted by Crippen LogP contribution is -2.47. The first-order valence-corrected chi connectivity index (χ1v) is 11.1. The quantitative estimate of drug-likeness (QED) is 0.292. The maximum atomic E-state index is 8.92. The second-order valence-corrected chi connectivity index (χ2v) is 7.76. The lowest BCUT2D eigenvalue weighted by Gasteiger charge is -2.36. The number of rotatable bonds is 9. The van der Waals surface area contributed by atoms with Crippen LogP contribution < -0.4 is 15.4 Å². The molecular weight excluding hydrogens is 474 g/mol. The molecule has 12 heteroatoms. The molecule has 0 radical (unpaired) electrons. The van der Waals surface area contributed by atoms with Crippen molar-refractivity contribution < 1.29 is 30.3 Å². The molecule has 1 aliphatic rings. The van der Waals surface area contributed by atoms with Gasteiger partial charge in [-0.2, -0.15) is 14.6 Å². The van der Waals surface area contributed by atoms with Crippen LogP contribution in [0.2, 0.25) is 0 Å². The number of nitrogens with two attached hydrogens (primary N) is 1. The molecule has 0 spiro atoms. The number of anilines is 2. The van der Waals surface area contributed by atoms with E-state index in [1.165, 1.54) is 30.5 Å². The van der Waals surface area contributed by atoms with Crippen LogP contribution in [0.5, 0.6) is 5.75 Å². The van der Waals surface area contributed by atoms with Crippen molar-refractivity contribution in [3.8, 4) is 17.3 Å².